The summed E-state index contributed by atoms with van der Waals surface area (Å²) in [4.78, 5) is 11.2. The minimum absolute atomic E-state index is 0.0874. The second kappa shape index (κ2) is 6.25. The molecule has 0 aromatic carbocycles. The fourth-order valence-corrected chi connectivity index (χ4v) is 3.30. The molecule has 122 valence electrons. The zero-order valence-electron chi connectivity index (χ0n) is 13.1. The highest BCUT2D eigenvalue weighted by Gasteiger charge is 2.32. The Balaban J connectivity index is 1.60. The van der Waals surface area contributed by atoms with Gasteiger partial charge in [0.1, 0.15) is 5.82 Å². The number of hydrogen-bond acceptors (Lipinski definition) is 7. The van der Waals surface area contributed by atoms with Gasteiger partial charge in [0, 0.05) is 25.2 Å². The van der Waals surface area contributed by atoms with E-state index in [4.69, 9.17) is 14.0 Å². The Labute approximate surface area is 134 Å². The van der Waals surface area contributed by atoms with Gasteiger partial charge < -0.3 is 18.9 Å². The van der Waals surface area contributed by atoms with Crippen LogP contribution in [-0.2, 0) is 9.47 Å². The van der Waals surface area contributed by atoms with E-state index in [1.165, 1.54) is 0 Å². The van der Waals surface area contributed by atoms with Crippen molar-refractivity contribution in [3.8, 4) is 11.5 Å². The van der Waals surface area contributed by atoms with Crippen LogP contribution in [0.25, 0.3) is 11.5 Å². The normalized spacial score (nSPS) is 22.7. The lowest BCUT2D eigenvalue weighted by atomic mass is 9.97. The van der Waals surface area contributed by atoms with Crippen LogP contribution in [-0.4, -0.2) is 47.7 Å². The molecule has 2 fully saturated rings. The second-order valence-corrected chi connectivity index (χ2v) is 5.98. The third kappa shape index (κ3) is 2.94. The van der Waals surface area contributed by atoms with Crippen molar-refractivity contribution < 1.29 is 14.0 Å². The lowest BCUT2D eigenvalue weighted by Gasteiger charge is -2.35. The van der Waals surface area contributed by atoms with Crippen molar-refractivity contribution in [3.63, 3.8) is 0 Å². The first kappa shape index (κ1) is 14.6. The maximum absolute atomic E-state index is 5.68. The van der Waals surface area contributed by atoms with E-state index in [0.29, 0.717) is 30.8 Å². The summed E-state index contributed by atoms with van der Waals surface area (Å²) in [6.45, 7) is 5.02. The molecule has 0 amide bonds. The Kier molecular flexibility index (Phi) is 3.97. The van der Waals surface area contributed by atoms with Gasteiger partial charge in [-0.15, -0.1) is 0 Å². The molecular weight excluding hydrogens is 296 g/mol. The Morgan fingerprint density at radius 2 is 2.13 bits per heavy atom. The highest BCUT2D eigenvalue weighted by molar-refractivity contribution is 5.69. The van der Waals surface area contributed by atoms with Gasteiger partial charge in [0.15, 0.2) is 12.1 Å². The van der Waals surface area contributed by atoms with Crippen LogP contribution in [0.4, 0.5) is 5.82 Å². The summed E-state index contributed by atoms with van der Waals surface area (Å²) >= 11 is 0. The van der Waals surface area contributed by atoms with Gasteiger partial charge in [0.05, 0.1) is 18.8 Å². The van der Waals surface area contributed by atoms with Crippen LogP contribution in [0.5, 0.6) is 0 Å². The fourth-order valence-electron chi connectivity index (χ4n) is 3.30. The highest BCUT2D eigenvalue weighted by atomic mass is 16.7. The lowest BCUT2D eigenvalue weighted by molar-refractivity contribution is -0.0859. The van der Waals surface area contributed by atoms with Crippen molar-refractivity contribution >= 4 is 5.82 Å². The van der Waals surface area contributed by atoms with E-state index in [1.807, 2.05) is 19.1 Å². The summed E-state index contributed by atoms with van der Waals surface area (Å²) in [6.07, 6.45) is 3.92. The van der Waals surface area contributed by atoms with Crippen molar-refractivity contribution in [2.75, 3.05) is 31.2 Å². The maximum atomic E-state index is 5.68. The first-order valence-corrected chi connectivity index (χ1v) is 8.05. The quantitative estimate of drug-likeness (QED) is 0.857. The van der Waals surface area contributed by atoms with Crippen molar-refractivity contribution in [1.82, 2.24) is 15.1 Å². The number of rotatable bonds is 3. The van der Waals surface area contributed by atoms with E-state index in [-0.39, 0.29) is 6.29 Å². The molecule has 0 aliphatic carbocycles. The molecule has 7 nitrogen and oxygen atoms in total. The van der Waals surface area contributed by atoms with Crippen LogP contribution in [0, 0.1) is 12.8 Å². The fraction of sp³-hybridized carbons (Fsp3) is 0.562. The average Bonchev–Trinajstić information content (AvgIpc) is 3.27. The molecule has 1 unspecified atom stereocenters. The van der Waals surface area contributed by atoms with Crippen LogP contribution in [0.3, 0.4) is 0 Å². The summed E-state index contributed by atoms with van der Waals surface area (Å²) in [5.41, 5.74) is 0.877. The first-order chi connectivity index (χ1) is 11.3. The lowest BCUT2D eigenvalue weighted by Crippen LogP contribution is -2.41. The molecule has 2 aromatic rings. The number of pyridine rings is 1. The first-order valence-electron chi connectivity index (χ1n) is 8.05. The molecule has 7 heteroatoms. The Bertz CT molecular complexity index is 669. The molecule has 23 heavy (non-hydrogen) atoms. The number of ether oxygens (including phenoxy) is 2. The van der Waals surface area contributed by atoms with E-state index >= 15 is 0 Å². The molecule has 2 aliphatic heterocycles. The van der Waals surface area contributed by atoms with Crippen LogP contribution in [0.15, 0.2) is 22.9 Å². The van der Waals surface area contributed by atoms with Gasteiger partial charge in [-0.05, 0) is 31.9 Å². The predicted octanol–water partition coefficient (Wildman–Crippen LogP) is 2.03. The monoisotopic (exact) mass is 316 g/mol. The standard InChI is InChI=1S/C16H20N4O3/c1-11-18-15(23-19-11)13-5-2-6-17-14(13)20-7-3-4-12(10-20)16-21-8-9-22-16/h2,5-6,12,16H,3-4,7-10H2,1H3. The molecule has 4 rings (SSSR count). The zero-order chi connectivity index (χ0) is 15.6. The SMILES string of the molecule is Cc1noc(-c2cccnc2N2CCCC(C3OCCO3)C2)n1. The second-order valence-electron chi connectivity index (χ2n) is 5.98. The molecule has 4 heterocycles. The number of aryl methyl sites for hydroxylation is 1. The number of aromatic nitrogens is 3. The third-order valence-electron chi connectivity index (χ3n) is 4.33. The summed E-state index contributed by atoms with van der Waals surface area (Å²) in [5.74, 6) is 2.39. The number of hydrogen-bond donors (Lipinski definition) is 0. The summed E-state index contributed by atoms with van der Waals surface area (Å²) in [7, 11) is 0. The highest BCUT2D eigenvalue weighted by Crippen LogP contribution is 2.32. The summed E-state index contributed by atoms with van der Waals surface area (Å²) < 4.78 is 16.7. The van der Waals surface area contributed by atoms with E-state index in [1.54, 1.807) is 6.20 Å². The molecule has 2 aliphatic rings. The van der Waals surface area contributed by atoms with Gasteiger partial charge in [0.2, 0.25) is 0 Å². The Morgan fingerprint density at radius 1 is 1.26 bits per heavy atom. The third-order valence-corrected chi connectivity index (χ3v) is 4.33. The van der Waals surface area contributed by atoms with E-state index < -0.39 is 0 Å². The molecule has 1 atom stereocenters. The van der Waals surface area contributed by atoms with E-state index in [9.17, 15) is 0 Å². The molecule has 0 radical (unpaired) electrons. The topological polar surface area (TPSA) is 73.5 Å². The van der Waals surface area contributed by atoms with Crippen LogP contribution in [0.2, 0.25) is 0 Å². The molecule has 2 saturated heterocycles. The van der Waals surface area contributed by atoms with Gasteiger partial charge in [0.25, 0.3) is 5.89 Å². The number of piperidine rings is 1. The molecule has 0 saturated carbocycles. The van der Waals surface area contributed by atoms with Gasteiger partial charge in [-0.2, -0.15) is 4.98 Å². The van der Waals surface area contributed by atoms with E-state index in [2.05, 4.69) is 20.0 Å². The summed E-state index contributed by atoms with van der Waals surface area (Å²) in [5, 5.41) is 3.88. The minimum atomic E-state index is -0.0874. The number of nitrogens with zero attached hydrogens (tertiary/aromatic N) is 4. The van der Waals surface area contributed by atoms with Gasteiger partial charge in [-0.3, -0.25) is 0 Å². The molecule has 0 spiro atoms. The van der Waals surface area contributed by atoms with Gasteiger partial charge >= 0.3 is 0 Å². The maximum Gasteiger partial charge on any atom is 0.261 e. The van der Waals surface area contributed by atoms with Crippen molar-refractivity contribution in [2.45, 2.75) is 26.1 Å². The smallest absolute Gasteiger partial charge is 0.261 e. The van der Waals surface area contributed by atoms with Crippen molar-refractivity contribution in [1.29, 1.82) is 0 Å². The van der Waals surface area contributed by atoms with Crippen molar-refractivity contribution in [2.24, 2.45) is 5.92 Å². The van der Waals surface area contributed by atoms with E-state index in [0.717, 1.165) is 37.3 Å². The van der Waals surface area contributed by atoms with Crippen LogP contribution < -0.4 is 4.90 Å². The minimum Gasteiger partial charge on any atom is -0.355 e. The molecular formula is C16H20N4O3. The summed E-state index contributed by atoms with van der Waals surface area (Å²) in [6, 6.07) is 3.87. The van der Waals surface area contributed by atoms with Gasteiger partial charge in [-0.1, -0.05) is 5.16 Å². The Hall–Kier alpha value is -1.99. The molecule has 2 aromatic heterocycles. The largest absolute Gasteiger partial charge is 0.355 e. The zero-order valence-corrected chi connectivity index (χ0v) is 13.1. The average molecular weight is 316 g/mol. The predicted molar refractivity (Wildman–Crippen MR) is 82.9 cm³/mol. The molecule has 0 N–H and O–H groups in total. The van der Waals surface area contributed by atoms with Crippen LogP contribution >= 0.6 is 0 Å². The van der Waals surface area contributed by atoms with Crippen LogP contribution in [0.1, 0.15) is 18.7 Å². The van der Waals surface area contributed by atoms with Crippen molar-refractivity contribution in [3.05, 3.63) is 24.2 Å². The molecule has 0 bridgehead atoms. The Morgan fingerprint density at radius 3 is 2.91 bits per heavy atom. The number of anilines is 1. The van der Waals surface area contributed by atoms with Gasteiger partial charge in [-0.25, -0.2) is 4.98 Å².